The molecular formula is C18H17F3N2O4. The Hall–Kier alpha value is -3.23. The summed E-state index contributed by atoms with van der Waals surface area (Å²) in [5.74, 6) is 0.336. The van der Waals surface area contributed by atoms with Gasteiger partial charge in [-0.05, 0) is 42.0 Å². The van der Waals surface area contributed by atoms with E-state index in [9.17, 15) is 22.8 Å². The molecule has 0 radical (unpaired) electrons. The highest BCUT2D eigenvalue weighted by Crippen LogP contribution is 2.16. The van der Waals surface area contributed by atoms with E-state index < -0.39 is 18.9 Å². The van der Waals surface area contributed by atoms with Crippen LogP contribution in [-0.4, -0.2) is 31.9 Å². The Labute approximate surface area is 153 Å². The van der Waals surface area contributed by atoms with Gasteiger partial charge in [0.15, 0.2) is 6.61 Å². The van der Waals surface area contributed by atoms with E-state index in [1.807, 2.05) is 0 Å². The number of anilines is 1. The number of carbonyl (C=O) groups is 2. The fourth-order valence-electron chi connectivity index (χ4n) is 2.02. The van der Waals surface area contributed by atoms with E-state index in [4.69, 9.17) is 4.74 Å². The number of alkyl halides is 3. The Kier molecular flexibility index (Phi) is 6.64. The van der Waals surface area contributed by atoms with Crippen molar-refractivity contribution in [2.24, 2.45) is 0 Å². The van der Waals surface area contributed by atoms with Crippen molar-refractivity contribution in [3.63, 3.8) is 0 Å². The third kappa shape index (κ3) is 6.89. The fraction of sp³-hybridized carbons (Fsp3) is 0.222. The molecule has 2 aromatic rings. The summed E-state index contributed by atoms with van der Waals surface area (Å²) < 4.78 is 44.9. The molecule has 0 aliphatic carbocycles. The van der Waals surface area contributed by atoms with Crippen molar-refractivity contribution in [1.82, 2.24) is 5.32 Å². The van der Waals surface area contributed by atoms with E-state index >= 15 is 0 Å². The van der Waals surface area contributed by atoms with Crippen molar-refractivity contribution in [3.05, 3.63) is 59.7 Å². The number of methoxy groups -OCH3 is 1. The average Bonchev–Trinajstić information content (AvgIpc) is 2.65. The van der Waals surface area contributed by atoms with Gasteiger partial charge in [0, 0.05) is 17.8 Å². The average molecular weight is 382 g/mol. The van der Waals surface area contributed by atoms with E-state index in [2.05, 4.69) is 15.4 Å². The molecule has 0 aliphatic rings. The molecule has 0 heterocycles. The van der Waals surface area contributed by atoms with Gasteiger partial charge < -0.3 is 20.1 Å². The molecule has 0 bridgehead atoms. The van der Waals surface area contributed by atoms with Crippen molar-refractivity contribution in [3.8, 4) is 5.75 Å². The number of rotatable bonds is 6. The van der Waals surface area contributed by atoms with Crippen LogP contribution in [0.3, 0.4) is 0 Å². The molecule has 2 N–H and O–H groups in total. The zero-order valence-corrected chi connectivity index (χ0v) is 14.3. The predicted octanol–water partition coefficient (Wildman–Crippen LogP) is 3.74. The monoisotopic (exact) mass is 382 g/mol. The number of nitrogens with one attached hydrogen (secondary N) is 2. The Balaban J connectivity index is 1.84. The Morgan fingerprint density at radius 3 is 2.19 bits per heavy atom. The fourth-order valence-corrected chi connectivity index (χ4v) is 2.02. The van der Waals surface area contributed by atoms with Gasteiger partial charge in [0.1, 0.15) is 5.75 Å². The van der Waals surface area contributed by atoms with Gasteiger partial charge in [-0.15, -0.1) is 0 Å². The molecule has 9 heteroatoms. The molecule has 2 amide bonds. The topological polar surface area (TPSA) is 76.7 Å². The lowest BCUT2D eigenvalue weighted by molar-refractivity contribution is -0.160. The molecule has 0 fully saturated rings. The van der Waals surface area contributed by atoms with Gasteiger partial charge in [-0.2, -0.15) is 13.2 Å². The van der Waals surface area contributed by atoms with Crippen molar-refractivity contribution < 1.29 is 32.2 Å². The Morgan fingerprint density at radius 1 is 1.00 bits per heavy atom. The summed E-state index contributed by atoms with van der Waals surface area (Å²) in [6.45, 7) is -1.68. The molecule has 2 rings (SSSR count). The lowest BCUT2D eigenvalue weighted by Gasteiger charge is -2.10. The second-order valence-corrected chi connectivity index (χ2v) is 5.42. The Bertz CT molecular complexity index is 775. The number of benzene rings is 2. The summed E-state index contributed by atoms with van der Waals surface area (Å²) >= 11 is 0. The zero-order chi connectivity index (χ0) is 19.9. The van der Waals surface area contributed by atoms with E-state index in [1.165, 1.54) is 12.1 Å². The lowest BCUT2D eigenvalue weighted by Crippen LogP contribution is -2.28. The molecule has 6 nitrogen and oxygen atoms in total. The second kappa shape index (κ2) is 8.93. The molecule has 0 unspecified atom stereocenters. The van der Waals surface area contributed by atoms with Gasteiger partial charge in [-0.25, -0.2) is 4.79 Å². The summed E-state index contributed by atoms with van der Waals surface area (Å²) in [5, 5.41) is 4.92. The van der Waals surface area contributed by atoms with Crippen molar-refractivity contribution in [1.29, 1.82) is 0 Å². The van der Waals surface area contributed by atoms with Crippen molar-refractivity contribution in [2.45, 2.75) is 12.7 Å². The van der Waals surface area contributed by atoms with Crippen LogP contribution in [0.25, 0.3) is 0 Å². The van der Waals surface area contributed by atoms with E-state index in [0.29, 0.717) is 22.6 Å². The normalized spacial score (nSPS) is 10.8. The van der Waals surface area contributed by atoms with Gasteiger partial charge in [0.2, 0.25) is 0 Å². The minimum atomic E-state index is -4.57. The van der Waals surface area contributed by atoms with Crippen LogP contribution in [0.2, 0.25) is 0 Å². The molecule has 0 saturated heterocycles. The van der Waals surface area contributed by atoms with Gasteiger partial charge >= 0.3 is 12.3 Å². The predicted molar refractivity (Wildman–Crippen MR) is 91.6 cm³/mol. The number of hydrogen-bond acceptors (Lipinski definition) is 4. The third-order valence-electron chi connectivity index (χ3n) is 3.37. The second-order valence-electron chi connectivity index (χ2n) is 5.42. The summed E-state index contributed by atoms with van der Waals surface area (Å²) in [4.78, 5) is 23.4. The maximum atomic E-state index is 12.2. The van der Waals surface area contributed by atoms with Crippen LogP contribution in [0.5, 0.6) is 5.75 Å². The van der Waals surface area contributed by atoms with Crippen molar-refractivity contribution >= 4 is 17.7 Å². The first-order chi connectivity index (χ1) is 12.8. The first kappa shape index (κ1) is 20.1. The Morgan fingerprint density at radius 2 is 1.63 bits per heavy atom. The molecule has 0 atom stereocenters. The molecule has 144 valence electrons. The highest BCUT2D eigenvalue weighted by Gasteiger charge is 2.29. The van der Waals surface area contributed by atoms with Crippen LogP contribution < -0.4 is 15.4 Å². The highest BCUT2D eigenvalue weighted by atomic mass is 19.4. The number of amides is 2. The summed E-state index contributed by atoms with van der Waals surface area (Å²) in [5.41, 5.74) is 1.58. The molecule has 2 aromatic carbocycles. The lowest BCUT2D eigenvalue weighted by atomic mass is 10.1. The van der Waals surface area contributed by atoms with E-state index in [-0.39, 0.29) is 12.5 Å². The van der Waals surface area contributed by atoms with Crippen LogP contribution in [0.15, 0.2) is 48.5 Å². The molecule has 0 saturated carbocycles. The summed E-state index contributed by atoms with van der Waals surface area (Å²) in [6.07, 6.45) is -5.75. The molecule has 0 aromatic heterocycles. The van der Waals surface area contributed by atoms with Crippen LogP contribution >= 0.6 is 0 Å². The highest BCUT2D eigenvalue weighted by molar-refractivity contribution is 6.04. The molecular weight excluding hydrogens is 365 g/mol. The first-order valence-corrected chi connectivity index (χ1v) is 7.78. The third-order valence-corrected chi connectivity index (χ3v) is 3.37. The van der Waals surface area contributed by atoms with Gasteiger partial charge in [0.05, 0.1) is 7.11 Å². The van der Waals surface area contributed by atoms with Crippen LogP contribution in [0.4, 0.5) is 23.7 Å². The van der Waals surface area contributed by atoms with Gasteiger partial charge in [0.25, 0.3) is 5.91 Å². The number of hydrogen-bond donors (Lipinski definition) is 2. The number of alkyl carbamates (subject to hydrolysis) is 1. The molecule has 27 heavy (non-hydrogen) atoms. The minimum Gasteiger partial charge on any atom is -0.497 e. The number of ether oxygens (including phenoxy) is 2. The SMILES string of the molecule is COc1ccc(NC(=O)c2ccc(CNC(=O)OCC(F)(F)F)cc2)cc1. The standard InChI is InChI=1S/C18H17F3N2O4/c1-26-15-8-6-14(7-9-15)23-16(24)13-4-2-12(3-5-13)10-22-17(25)27-11-18(19,20)21/h2-9H,10-11H2,1H3,(H,22,25)(H,23,24). The largest absolute Gasteiger partial charge is 0.497 e. The van der Waals surface area contributed by atoms with Crippen LogP contribution in [-0.2, 0) is 11.3 Å². The quantitative estimate of drug-likeness (QED) is 0.798. The summed E-state index contributed by atoms with van der Waals surface area (Å²) in [7, 11) is 1.54. The van der Waals surface area contributed by atoms with Crippen LogP contribution in [0, 0.1) is 0 Å². The summed E-state index contributed by atoms with van der Waals surface area (Å²) in [6, 6.07) is 13.0. The van der Waals surface area contributed by atoms with Gasteiger partial charge in [-0.1, -0.05) is 12.1 Å². The van der Waals surface area contributed by atoms with Gasteiger partial charge in [-0.3, -0.25) is 4.79 Å². The van der Waals surface area contributed by atoms with Crippen LogP contribution in [0.1, 0.15) is 15.9 Å². The molecule has 0 aliphatic heterocycles. The number of halogens is 3. The number of carbonyl (C=O) groups excluding carboxylic acids is 2. The van der Waals surface area contributed by atoms with E-state index in [0.717, 1.165) is 0 Å². The zero-order valence-electron chi connectivity index (χ0n) is 14.3. The molecule has 0 spiro atoms. The maximum absolute atomic E-state index is 12.2. The van der Waals surface area contributed by atoms with E-state index in [1.54, 1.807) is 43.5 Å². The first-order valence-electron chi connectivity index (χ1n) is 7.78. The maximum Gasteiger partial charge on any atom is 0.422 e. The van der Waals surface area contributed by atoms with Crippen molar-refractivity contribution in [2.75, 3.05) is 19.0 Å². The minimum absolute atomic E-state index is 0.0307. The smallest absolute Gasteiger partial charge is 0.422 e.